The van der Waals surface area contributed by atoms with E-state index in [2.05, 4.69) is 6.58 Å². The van der Waals surface area contributed by atoms with Gasteiger partial charge in [-0.2, -0.15) is 8.78 Å². The van der Waals surface area contributed by atoms with Crippen LogP contribution in [0.5, 0.6) is 5.75 Å². The summed E-state index contributed by atoms with van der Waals surface area (Å²) < 4.78 is 35.6. The average molecular weight is 305 g/mol. The Kier molecular flexibility index (Phi) is 2.70. The van der Waals surface area contributed by atoms with Crippen molar-refractivity contribution in [2.45, 2.75) is 31.2 Å². The lowest BCUT2D eigenvalue weighted by molar-refractivity contribution is -0.0409. The zero-order valence-electron chi connectivity index (χ0n) is 12.3. The SMILES string of the molecule is C=C1CC2c3oc4ccc(O)cc4c3C(F)(F)CN(C1)C2C. The van der Waals surface area contributed by atoms with Crippen molar-refractivity contribution in [2.24, 2.45) is 0 Å². The van der Waals surface area contributed by atoms with Gasteiger partial charge in [-0.05, 0) is 31.5 Å². The smallest absolute Gasteiger partial charge is 0.289 e. The Morgan fingerprint density at radius 3 is 2.95 bits per heavy atom. The van der Waals surface area contributed by atoms with E-state index in [1.807, 2.05) is 6.92 Å². The third-order valence-corrected chi connectivity index (χ3v) is 4.90. The summed E-state index contributed by atoms with van der Waals surface area (Å²) in [6.45, 7) is 6.11. The molecule has 22 heavy (non-hydrogen) atoms. The van der Waals surface area contributed by atoms with E-state index in [-0.39, 0.29) is 29.8 Å². The molecule has 2 aliphatic rings. The number of phenolic OH excluding ortho intramolecular Hbond substituents is 1. The monoisotopic (exact) mass is 305 g/mol. The molecule has 4 rings (SSSR count). The second-order valence-electron chi connectivity index (χ2n) is 6.43. The van der Waals surface area contributed by atoms with E-state index in [0.717, 1.165) is 5.57 Å². The van der Waals surface area contributed by atoms with Crippen LogP contribution >= 0.6 is 0 Å². The molecule has 0 aliphatic carbocycles. The fourth-order valence-electron chi connectivity index (χ4n) is 3.82. The van der Waals surface area contributed by atoms with Crippen LogP contribution in [0.2, 0.25) is 0 Å². The Labute approximate surface area is 126 Å². The van der Waals surface area contributed by atoms with E-state index in [1.54, 1.807) is 11.0 Å². The molecule has 3 nitrogen and oxygen atoms in total. The van der Waals surface area contributed by atoms with E-state index >= 15 is 0 Å². The first-order valence-corrected chi connectivity index (χ1v) is 7.41. The van der Waals surface area contributed by atoms with Gasteiger partial charge in [-0.25, -0.2) is 0 Å². The molecule has 5 heteroatoms. The van der Waals surface area contributed by atoms with Crippen molar-refractivity contribution in [2.75, 3.05) is 13.1 Å². The second-order valence-corrected chi connectivity index (χ2v) is 6.43. The standard InChI is InChI=1S/C17H17F2NO2/c1-9-5-12-10(2)20(7-9)8-17(18,19)15-13-6-11(21)3-4-14(13)22-16(12)15/h3-4,6,10,12,21H,1,5,7-8H2,2H3. The molecule has 0 saturated carbocycles. The number of phenols is 1. The third kappa shape index (κ3) is 1.81. The molecule has 3 atom stereocenters. The predicted octanol–water partition coefficient (Wildman–Crippen LogP) is 3.98. The molecule has 116 valence electrons. The van der Waals surface area contributed by atoms with Gasteiger partial charge in [0.2, 0.25) is 0 Å². The second kappa shape index (κ2) is 4.32. The maximum Gasteiger partial charge on any atom is 0.289 e. The maximum absolute atomic E-state index is 14.9. The fourth-order valence-corrected chi connectivity index (χ4v) is 3.82. The highest BCUT2D eigenvalue weighted by Crippen LogP contribution is 2.49. The topological polar surface area (TPSA) is 36.6 Å². The number of nitrogens with zero attached hydrogens (tertiary/aromatic N) is 1. The Hall–Kier alpha value is -1.88. The van der Waals surface area contributed by atoms with Crippen LogP contribution in [0.15, 0.2) is 34.8 Å². The molecule has 2 aliphatic heterocycles. The lowest BCUT2D eigenvalue weighted by Crippen LogP contribution is -2.44. The molecule has 1 aromatic carbocycles. The molecule has 3 unspecified atom stereocenters. The van der Waals surface area contributed by atoms with Crippen LogP contribution in [-0.4, -0.2) is 29.1 Å². The van der Waals surface area contributed by atoms with Crippen LogP contribution < -0.4 is 0 Å². The van der Waals surface area contributed by atoms with Crippen molar-refractivity contribution < 1.29 is 18.3 Å². The highest BCUT2D eigenvalue weighted by molar-refractivity contribution is 5.85. The quantitative estimate of drug-likeness (QED) is 0.748. The summed E-state index contributed by atoms with van der Waals surface area (Å²) in [5, 5.41) is 9.97. The summed E-state index contributed by atoms with van der Waals surface area (Å²) in [6, 6.07) is 4.36. The molecule has 0 spiro atoms. The van der Waals surface area contributed by atoms with Crippen molar-refractivity contribution >= 4 is 11.0 Å². The highest BCUT2D eigenvalue weighted by atomic mass is 19.3. The van der Waals surface area contributed by atoms with Crippen molar-refractivity contribution in [1.82, 2.24) is 4.90 Å². The first kappa shape index (κ1) is 13.8. The molecule has 1 N–H and O–H groups in total. The summed E-state index contributed by atoms with van der Waals surface area (Å²) >= 11 is 0. The number of halogens is 2. The first-order valence-electron chi connectivity index (χ1n) is 7.41. The number of aromatic hydroxyl groups is 1. The fraction of sp³-hybridized carbons (Fsp3) is 0.412. The van der Waals surface area contributed by atoms with Gasteiger partial charge in [0, 0.05) is 23.9 Å². The van der Waals surface area contributed by atoms with Gasteiger partial charge in [0.25, 0.3) is 5.92 Å². The lowest BCUT2D eigenvalue weighted by atomic mass is 9.85. The number of hydrogen-bond donors (Lipinski definition) is 1. The van der Waals surface area contributed by atoms with Gasteiger partial charge in [-0.1, -0.05) is 12.2 Å². The third-order valence-electron chi connectivity index (χ3n) is 4.90. The van der Waals surface area contributed by atoms with E-state index < -0.39 is 5.92 Å². The summed E-state index contributed by atoms with van der Waals surface area (Å²) in [4.78, 5) is 1.78. The van der Waals surface area contributed by atoms with Gasteiger partial charge in [0.15, 0.2) is 0 Å². The number of rotatable bonds is 0. The number of alkyl halides is 2. The normalized spacial score (nSPS) is 30.1. The molecule has 2 aromatic rings. The molecule has 1 saturated heterocycles. The summed E-state index contributed by atoms with van der Waals surface area (Å²) in [5.74, 6) is -2.82. The zero-order chi connectivity index (χ0) is 15.6. The summed E-state index contributed by atoms with van der Waals surface area (Å²) in [6.07, 6.45) is 0.659. The van der Waals surface area contributed by atoms with Gasteiger partial charge < -0.3 is 9.52 Å². The van der Waals surface area contributed by atoms with Crippen molar-refractivity contribution in [3.05, 3.63) is 41.7 Å². The molecule has 3 heterocycles. The van der Waals surface area contributed by atoms with Crippen LogP contribution in [0.1, 0.15) is 30.6 Å². The van der Waals surface area contributed by atoms with Crippen molar-refractivity contribution in [3.63, 3.8) is 0 Å². The largest absolute Gasteiger partial charge is 0.508 e. The molecular weight excluding hydrogens is 288 g/mol. The molecule has 1 aromatic heterocycles. The van der Waals surface area contributed by atoms with E-state index in [1.165, 1.54) is 12.1 Å². The minimum atomic E-state index is -3.01. The maximum atomic E-state index is 14.9. The van der Waals surface area contributed by atoms with Gasteiger partial charge in [0.05, 0.1) is 12.1 Å². The van der Waals surface area contributed by atoms with Crippen LogP contribution in [-0.2, 0) is 5.92 Å². The van der Waals surface area contributed by atoms with E-state index in [4.69, 9.17) is 4.42 Å². The number of piperidine rings is 1. The number of benzene rings is 1. The van der Waals surface area contributed by atoms with Crippen molar-refractivity contribution in [3.8, 4) is 5.75 Å². The van der Waals surface area contributed by atoms with Gasteiger partial charge >= 0.3 is 0 Å². The van der Waals surface area contributed by atoms with Gasteiger partial charge in [-0.15, -0.1) is 0 Å². The molecule has 2 bridgehead atoms. The zero-order valence-corrected chi connectivity index (χ0v) is 12.3. The number of fused-ring (bicyclic) bond motifs is 6. The summed E-state index contributed by atoms with van der Waals surface area (Å²) in [5.41, 5.74) is 1.29. The van der Waals surface area contributed by atoms with Gasteiger partial charge in [-0.3, -0.25) is 4.90 Å². The Bertz CT molecular complexity index is 780. The van der Waals surface area contributed by atoms with E-state index in [0.29, 0.717) is 29.7 Å². The Morgan fingerprint density at radius 1 is 1.41 bits per heavy atom. The van der Waals surface area contributed by atoms with Crippen LogP contribution in [0.4, 0.5) is 8.78 Å². The highest BCUT2D eigenvalue weighted by Gasteiger charge is 2.49. The molecule has 1 fully saturated rings. The first-order chi connectivity index (χ1) is 10.4. The Balaban J connectivity index is 2.02. The lowest BCUT2D eigenvalue weighted by Gasteiger charge is -2.38. The van der Waals surface area contributed by atoms with Crippen LogP contribution in [0.25, 0.3) is 11.0 Å². The molecule has 0 radical (unpaired) electrons. The average Bonchev–Trinajstić information content (AvgIpc) is 2.79. The minimum Gasteiger partial charge on any atom is -0.508 e. The number of furan rings is 1. The van der Waals surface area contributed by atoms with Gasteiger partial charge in [0.1, 0.15) is 17.1 Å². The molecule has 0 amide bonds. The van der Waals surface area contributed by atoms with E-state index in [9.17, 15) is 13.9 Å². The molecular formula is C17H17F2NO2. The summed E-state index contributed by atoms with van der Waals surface area (Å²) in [7, 11) is 0. The Morgan fingerprint density at radius 2 is 2.18 bits per heavy atom. The van der Waals surface area contributed by atoms with Crippen LogP contribution in [0.3, 0.4) is 0 Å². The van der Waals surface area contributed by atoms with Crippen molar-refractivity contribution in [1.29, 1.82) is 0 Å². The number of hydrogen-bond acceptors (Lipinski definition) is 3. The minimum absolute atomic E-state index is 0.0215. The predicted molar refractivity (Wildman–Crippen MR) is 79.3 cm³/mol. The van der Waals surface area contributed by atoms with Crippen LogP contribution in [0, 0.1) is 0 Å².